The summed E-state index contributed by atoms with van der Waals surface area (Å²) in [7, 11) is 0. The number of aliphatic hydroxyl groups is 5. The first kappa shape index (κ1) is 13.8. The Hall–Kier alpha value is -0.660. The second-order valence-corrected chi connectivity index (χ2v) is 4.97. The van der Waals surface area contributed by atoms with Gasteiger partial charge in [-0.05, 0) is 31.3 Å². The van der Waals surface area contributed by atoms with E-state index in [9.17, 15) is 25.5 Å². The van der Waals surface area contributed by atoms with Crippen molar-refractivity contribution in [1.29, 1.82) is 0 Å². The molecule has 2 rings (SSSR count). The average Bonchev–Trinajstić information content (AvgIpc) is 2.66. The van der Waals surface area contributed by atoms with Crippen LogP contribution in [0.25, 0.3) is 0 Å². The Labute approximate surface area is 105 Å². The number of hydrogen-bond acceptors (Lipinski definition) is 6. The Balaban J connectivity index is 2.09. The van der Waals surface area contributed by atoms with E-state index in [2.05, 4.69) is 0 Å². The van der Waals surface area contributed by atoms with E-state index in [0.29, 0.717) is 0 Å². The summed E-state index contributed by atoms with van der Waals surface area (Å²) in [5.74, 6) is -0.194. The van der Waals surface area contributed by atoms with Gasteiger partial charge in [0, 0.05) is 0 Å². The van der Waals surface area contributed by atoms with Gasteiger partial charge in [-0.2, -0.15) is 0 Å². The van der Waals surface area contributed by atoms with Crippen LogP contribution in [0.4, 0.5) is 0 Å². The second-order valence-electron chi connectivity index (χ2n) is 4.97. The zero-order chi connectivity index (χ0) is 13.3. The average molecular weight is 260 g/mol. The van der Waals surface area contributed by atoms with Crippen LogP contribution in [0, 0.1) is 0 Å². The van der Waals surface area contributed by atoms with Gasteiger partial charge < -0.3 is 30.3 Å². The maximum absolute atomic E-state index is 9.97. The smallest absolute Gasteiger partial charge is 0.184 e. The molecule has 5 N–H and O–H groups in total. The summed E-state index contributed by atoms with van der Waals surface area (Å²) >= 11 is 0. The molecule has 0 amide bonds. The Morgan fingerprint density at radius 1 is 1.06 bits per heavy atom. The lowest BCUT2D eigenvalue weighted by atomic mass is 9.91. The molecule has 0 aromatic heterocycles. The molecule has 1 heterocycles. The Bertz CT molecular complexity index is 321. The molecule has 2 fully saturated rings. The minimum atomic E-state index is -1.54. The fourth-order valence-electron chi connectivity index (χ4n) is 2.55. The van der Waals surface area contributed by atoms with Crippen molar-refractivity contribution in [2.45, 2.75) is 62.8 Å². The zero-order valence-corrected chi connectivity index (χ0v) is 10.1. The number of rotatable bonds is 2. The van der Waals surface area contributed by atoms with Crippen molar-refractivity contribution in [1.82, 2.24) is 0 Å². The van der Waals surface area contributed by atoms with Gasteiger partial charge in [0.05, 0.1) is 0 Å². The van der Waals surface area contributed by atoms with Gasteiger partial charge in [0.2, 0.25) is 0 Å². The number of hydrogen-bond donors (Lipinski definition) is 5. The Morgan fingerprint density at radius 2 is 1.67 bits per heavy atom. The quantitative estimate of drug-likeness (QED) is 0.431. The van der Waals surface area contributed by atoms with Crippen LogP contribution in [-0.4, -0.2) is 56.2 Å². The van der Waals surface area contributed by atoms with E-state index in [0.717, 1.165) is 37.7 Å². The van der Waals surface area contributed by atoms with Gasteiger partial charge in [-0.1, -0.05) is 6.42 Å². The van der Waals surface area contributed by atoms with Crippen LogP contribution < -0.4 is 0 Å². The first-order valence-electron chi connectivity index (χ1n) is 6.31. The molecule has 1 saturated heterocycles. The zero-order valence-electron chi connectivity index (χ0n) is 10.1. The standard InChI is InChI=1S/C12H20O6/c13-7(6-4-2-1-3-5-6)8(14)11-9(15)10(16)12(17)18-11/h8-17H,1-5H2/t8-,9-,10-,11-,12+/m1/s1. The van der Waals surface area contributed by atoms with Gasteiger partial charge in [-0.15, -0.1) is 0 Å². The van der Waals surface area contributed by atoms with Crippen LogP contribution in [0.3, 0.4) is 0 Å². The molecule has 6 heteroatoms. The van der Waals surface area contributed by atoms with Gasteiger partial charge in [-0.3, -0.25) is 0 Å². The lowest BCUT2D eigenvalue weighted by molar-refractivity contribution is -0.144. The molecule has 6 nitrogen and oxygen atoms in total. The highest BCUT2D eigenvalue weighted by Crippen LogP contribution is 2.30. The fourth-order valence-corrected chi connectivity index (χ4v) is 2.55. The molecule has 5 atom stereocenters. The van der Waals surface area contributed by atoms with Crippen molar-refractivity contribution in [2.24, 2.45) is 0 Å². The lowest BCUT2D eigenvalue weighted by Crippen LogP contribution is -2.40. The van der Waals surface area contributed by atoms with Gasteiger partial charge in [0.15, 0.2) is 6.29 Å². The molecule has 0 aromatic rings. The maximum atomic E-state index is 9.97. The highest BCUT2D eigenvalue weighted by atomic mass is 16.6. The van der Waals surface area contributed by atoms with Gasteiger partial charge in [0.25, 0.3) is 0 Å². The predicted octanol–water partition coefficient (Wildman–Crippen LogP) is -0.438. The summed E-state index contributed by atoms with van der Waals surface area (Å²) in [6, 6.07) is 0. The van der Waals surface area contributed by atoms with Crippen LogP contribution in [0.2, 0.25) is 0 Å². The van der Waals surface area contributed by atoms with Crippen LogP contribution >= 0.6 is 0 Å². The summed E-state index contributed by atoms with van der Waals surface area (Å²) in [6.45, 7) is 0. The monoisotopic (exact) mass is 260 g/mol. The molecule has 18 heavy (non-hydrogen) atoms. The normalized spacial score (nSPS) is 38.8. The first-order chi connectivity index (χ1) is 8.52. The molecule has 2 aliphatic rings. The highest BCUT2D eigenvalue weighted by molar-refractivity contribution is 5.16. The van der Waals surface area contributed by atoms with Crippen molar-refractivity contribution in [3.8, 4) is 0 Å². The van der Waals surface area contributed by atoms with Crippen LogP contribution in [0.5, 0.6) is 0 Å². The van der Waals surface area contributed by atoms with Crippen LogP contribution in [0.15, 0.2) is 11.3 Å². The molecular weight excluding hydrogens is 240 g/mol. The summed E-state index contributed by atoms with van der Waals surface area (Å²) in [4.78, 5) is 0. The highest BCUT2D eigenvalue weighted by Gasteiger charge is 2.46. The van der Waals surface area contributed by atoms with Gasteiger partial charge in [0.1, 0.15) is 30.2 Å². The number of allylic oxidation sites excluding steroid dienone is 1. The second kappa shape index (κ2) is 5.54. The minimum absolute atomic E-state index is 0.194. The first-order valence-corrected chi connectivity index (χ1v) is 6.31. The largest absolute Gasteiger partial charge is 0.509 e. The predicted molar refractivity (Wildman–Crippen MR) is 61.6 cm³/mol. The van der Waals surface area contributed by atoms with E-state index in [1.807, 2.05) is 0 Å². The van der Waals surface area contributed by atoms with E-state index < -0.39 is 30.7 Å². The molecule has 1 aliphatic heterocycles. The third kappa shape index (κ3) is 2.53. The molecule has 0 radical (unpaired) electrons. The molecule has 0 spiro atoms. The Morgan fingerprint density at radius 3 is 2.17 bits per heavy atom. The third-order valence-corrected chi connectivity index (χ3v) is 3.69. The van der Waals surface area contributed by atoms with Crippen molar-refractivity contribution >= 4 is 0 Å². The topological polar surface area (TPSA) is 110 Å². The van der Waals surface area contributed by atoms with Crippen molar-refractivity contribution in [2.75, 3.05) is 0 Å². The molecule has 1 saturated carbocycles. The van der Waals surface area contributed by atoms with E-state index in [1.165, 1.54) is 0 Å². The van der Waals surface area contributed by atoms with Crippen LogP contribution in [0.1, 0.15) is 32.1 Å². The lowest BCUT2D eigenvalue weighted by Gasteiger charge is -2.24. The van der Waals surface area contributed by atoms with Gasteiger partial charge >= 0.3 is 0 Å². The molecule has 0 aromatic carbocycles. The molecule has 0 unspecified atom stereocenters. The van der Waals surface area contributed by atoms with Crippen LogP contribution in [-0.2, 0) is 4.74 Å². The summed E-state index contributed by atoms with van der Waals surface area (Å²) < 4.78 is 4.87. The number of aliphatic hydroxyl groups excluding tert-OH is 5. The number of ether oxygens (including phenoxy) is 1. The van der Waals surface area contributed by atoms with Crippen molar-refractivity contribution in [3.05, 3.63) is 11.3 Å². The van der Waals surface area contributed by atoms with Crippen molar-refractivity contribution in [3.63, 3.8) is 0 Å². The minimum Gasteiger partial charge on any atom is -0.509 e. The maximum Gasteiger partial charge on any atom is 0.184 e. The molecule has 0 bridgehead atoms. The summed E-state index contributed by atoms with van der Waals surface area (Å²) in [5.41, 5.74) is 0.764. The van der Waals surface area contributed by atoms with Gasteiger partial charge in [-0.25, -0.2) is 0 Å². The third-order valence-electron chi connectivity index (χ3n) is 3.69. The molecule has 1 aliphatic carbocycles. The SMILES string of the molecule is OC(=C1CCCCC1)[C@@H](O)[C@H]1O[C@H](O)[C@H](O)[C@H]1O. The van der Waals surface area contributed by atoms with E-state index >= 15 is 0 Å². The van der Waals surface area contributed by atoms with E-state index in [4.69, 9.17) is 4.74 Å². The van der Waals surface area contributed by atoms with E-state index in [-0.39, 0.29) is 5.76 Å². The van der Waals surface area contributed by atoms with E-state index in [1.54, 1.807) is 0 Å². The fraction of sp³-hybridized carbons (Fsp3) is 0.833. The summed E-state index contributed by atoms with van der Waals surface area (Å²) in [5, 5.41) is 48.1. The molecular formula is C12H20O6. The summed E-state index contributed by atoms with van der Waals surface area (Å²) in [6.07, 6.45) is -2.57. The van der Waals surface area contributed by atoms with Crippen molar-refractivity contribution < 1.29 is 30.3 Å². The Kier molecular flexibility index (Phi) is 4.24. The molecule has 104 valence electrons.